The lowest BCUT2D eigenvalue weighted by molar-refractivity contribution is -0.121. The maximum Gasteiger partial charge on any atom is 0.266 e. The molecule has 0 radical (unpaired) electrons. The fourth-order valence-corrected chi connectivity index (χ4v) is 4.39. The molecular weight excluding hydrogens is 402 g/mol. The van der Waals surface area contributed by atoms with Crippen molar-refractivity contribution in [2.45, 2.75) is 6.92 Å². The predicted octanol–water partition coefficient (Wildman–Crippen LogP) is 5.60. The van der Waals surface area contributed by atoms with Gasteiger partial charge < -0.3 is 4.42 Å². The third kappa shape index (κ3) is 3.71. The Kier molecular flexibility index (Phi) is 4.90. The molecule has 0 atom stereocenters. The van der Waals surface area contributed by atoms with Gasteiger partial charge >= 0.3 is 0 Å². The molecule has 27 heavy (non-hydrogen) atoms. The highest BCUT2D eigenvalue weighted by Gasteiger charge is 2.31. The molecule has 0 saturated carbocycles. The molecule has 3 heterocycles. The molecule has 3 aromatic rings. The molecule has 0 aliphatic carbocycles. The van der Waals surface area contributed by atoms with Gasteiger partial charge in [0.1, 0.15) is 11.5 Å². The summed E-state index contributed by atoms with van der Waals surface area (Å²) in [5.74, 6) is 1.12. The maximum atomic E-state index is 12.5. The zero-order chi connectivity index (χ0) is 19.0. The fourth-order valence-electron chi connectivity index (χ4n) is 2.49. The number of aliphatic imine (C=N–C) groups is 1. The van der Waals surface area contributed by atoms with Crippen molar-refractivity contribution in [3.63, 3.8) is 0 Å². The second-order valence-electron chi connectivity index (χ2n) is 5.82. The lowest BCUT2D eigenvalue weighted by Crippen LogP contribution is -2.23. The molecular formula is C19H14ClN3O2S2. The number of aromatic nitrogens is 1. The molecule has 2 aromatic heterocycles. The summed E-state index contributed by atoms with van der Waals surface area (Å²) in [7, 11) is 1.70. The minimum absolute atomic E-state index is 0.122. The Morgan fingerprint density at radius 2 is 2.07 bits per heavy atom. The van der Waals surface area contributed by atoms with Crippen molar-refractivity contribution in [3.05, 3.63) is 63.2 Å². The van der Waals surface area contributed by atoms with Crippen LogP contribution in [0.3, 0.4) is 0 Å². The van der Waals surface area contributed by atoms with Crippen LogP contribution in [0.25, 0.3) is 17.4 Å². The first-order chi connectivity index (χ1) is 13.0. The molecule has 8 heteroatoms. The van der Waals surface area contributed by atoms with E-state index < -0.39 is 0 Å². The molecule has 1 aliphatic heterocycles. The van der Waals surface area contributed by atoms with E-state index in [0.29, 0.717) is 31.7 Å². The van der Waals surface area contributed by atoms with Crippen LogP contribution in [-0.4, -0.2) is 28.0 Å². The van der Waals surface area contributed by atoms with Crippen LogP contribution in [0.15, 0.2) is 56.1 Å². The van der Waals surface area contributed by atoms with E-state index in [1.54, 1.807) is 13.1 Å². The van der Waals surface area contributed by atoms with Gasteiger partial charge in [-0.15, -0.1) is 11.3 Å². The lowest BCUT2D eigenvalue weighted by Gasteiger charge is -2.05. The summed E-state index contributed by atoms with van der Waals surface area (Å²) >= 11 is 8.97. The topological polar surface area (TPSA) is 58.7 Å². The van der Waals surface area contributed by atoms with Crippen LogP contribution >= 0.6 is 34.7 Å². The van der Waals surface area contributed by atoms with Crippen LogP contribution in [0.5, 0.6) is 0 Å². The normalized spacial score (nSPS) is 17.4. The van der Waals surface area contributed by atoms with Crippen LogP contribution in [-0.2, 0) is 4.79 Å². The zero-order valence-corrected chi connectivity index (χ0v) is 16.9. The molecule has 4 rings (SSSR count). The summed E-state index contributed by atoms with van der Waals surface area (Å²) < 4.78 is 5.86. The molecule has 1 saturated heterocycles. The summed E-state index contributed by atoms with van der Waals surface area (Å²) in [4.78, 5) is 23.4. The standard InChI is InChI=1S/C19H14ClN3O2S2/c1-11-10-26-18(21-11)22-19-23(2)17(24)16(27-19)9-12-7-8-15(25-12)13-5-3-4-6-14(13)20/h3-10H,1-2H3/b16-9+,22-19+. The molecule has 136 valence electrons. The number of benzene rings is 1. The minimum Gasteiger partial charge on any atom is -0.457 e. The van der Waals surface area contributed by atoms with Crippen molar-refractivity contribution in [2.24, 2.45) is 4.99 Å². The number of nitrogens with zero attached hydrogens (tertiary/aromatic N) is 3. The van der Waals surface area contributed by atoms with Crippen molar-refractivity contribution in [3.8, 4) is 11.3 Å². The molecule has 0 unspecified atom stereocenters. The first-order valence-corrected chi connectivity index (χ1v) is 10.1. The van der Waals surface area contributed by atoms with E-state index in [1.807, 2.05) is 48.7 Å². The average molecular weight is 416 g/mol. The summed E-state index contributed by atoms with van der Waals surface area (Å²) in [6.07, 6.45) is 1.72. The van der Waals surface area contributed by atoms with E-state index in [2.05, 4.69) is 9.98 Å². The molecule has 0 N–H and O–H groups in total. The molecule has 1 aliphatic rings. The number of hydrogen-bond donors (Lipinski definition) is 0. The van der Waals surface area contributed by atoms with Gasteiger partial charge in [0, 0.05) is 24.1 Å². The third-order valence-corrected chi connectivity index (χ3v) is 6.08. The number of likely N-dealkylation sites (N-methyl/N-ethyl adjacent to an activating group) is 1. The highest BCUT2D eigenvalue weighted by Crippen LogP contribution is 2.35. The smallest absolute Gasteiger partial charge is 0.266 e. The van der Waals surface area contributed by atoms with Crippen LogP contribution < -0.4 is 0 Å². The number of hydrogen-bond acceptors (Lipinski definition) is 6. The number of amidine groups is 1. The van der Waals surface area contributed by atoms with E-state index in [9.17, 15) is 4.79 Å². The Labute approximate surface area is 169 Å². The zero-order valence-electron chi connectivity index (χ0n) is 14.5. The van der Waals surface area contributed by atoms with Gasteiger partial charge in [-0.05, 0) is 43.0 Å². The Hall–Kier alpha value is -2.35. The van der Waals surface area contributed by atoms with E-state index in [0.717, 1.165) is 11.3 Å². The number of thioether (sulfide) groups is 1. The van der Waals surface area contributed by atoms with Gasteiger partial charge in [0.25, 0.3) is 5.91 Å². The Bertz CT molecular complexity index is 1080. The number of carbonyl (C=O) groups excluding carboxylic acids is 1. The van der Waals surface area contributed by atoms with Crippen molar-refractivity contribution in [2.75, 3.05) is 7.05 Å². The van der Waals surface area contributed by atoms with Gasteiger partial charge in [0.15, 0.2) is 5.17 Å². The molecule has 1 amide bonds. The monoisotopic (exact) mass is 415 g/mol. The van der Waals surface area contributed by atoms with Gasteiger partial charge in [-0.3, -0.25) is 9.69 Å². The number of furan rings is 1. The molecule has 0 bridgehead atoms. The fraction of sp³-hybridized carbons (Fsp3) is 0.105. The summed E-state index contributed by atoms with van der Waals surface area (Å²) in [5.41, 5.74) is 1.72. The highest BCUT2D eigenvalue weighted by molar-refractivity contribution is 8.18. The van der Waals surface area contributed by atoms with Gasteiger partial charge in [0.05, 0.1) is 15.6 Å². The van der Waals surface area contributed by atoms with Crippen molar-refractivity contribution < 1.29 is 9.21 Å². The van der Waals surface area contributed by atoms with Crippen LogP contribution in [0.4, 0.5) is 5.13 Å². The second-order valence-corrected chi connectivity index (χ2v) is 8.08. The number of halogens is 1. The van der Waals surface area contributed by atoms with Gasteiger partial charge in [0.2, 0.25) is 5.13 Å². The minimum atomic E-state index is -0.122. The predicted molar refractivity (Wildman–Crippen MR) is 111 cm³/mol. The summed E-state index contributed by atoms with van der Waals surface area (Å²) in [5, 5.41) is 3.77. The maximum absolute atomic E-state index is 12.5. The summed E-state index contributed by atoms with van der Waals surface area (Å²) in [6, 6.07) is 11.1. The van der Waals surface area contributed by atoms with E-state index in [-0.39, 0.29) is 5.91 Å². The number of aryl methyl sites for hydroxylation is 1. The van der Waals surface area contributed by atoms with Crippen molar-refractivity contribution in [1.82, 2.24) is 9.88 Å². The first-order valence-electron chi connectivity index (χ1n) is 8.04. The average Bonchev–Trinajstić information content (AvgIpc) is 3.34. The number of rotatable bonds is 3. The van der Waals surface area contributed by atoms with Gasteiger partial charge in [-0.2, -0.15) is 4.99 Å². The SMILES string of the molecule is Cc1csc(/N=C2/S/C(=C/c3ccc(-c4ccccc4Cl)o3)C(=O)N2C)n1. The lowest BCUT2D eigenvalue weighted by atomic mass is 10.2. The Balaban J connectivity index is 1.60. The van der Waals surface area contributed by atoms with Crippen molar-refractivity contribution in [1.29, 1.82) is 0 Å². The molecule has 5 nitrogen and oxygen atoms in total. The third-order valence-electron chi connectivity index (χ3n) is 3.84. The van der Waals surface area contributed by atoms with Crippen LogP contribution in [0, 0.1) is 6.92 Å². The Morgan fingerprint density at radius 1 is 1.26 bits per heavy atom. The molecule has 1 aromatic carbocycles. The first kappa shape index (κ1) is 18.0. The number of thiazole rings is 1. The van der Waals surface area contributed by atoms with Gasteiger partial charge in [-0.25, -0.2) is 4.98 Å². The quantitative estimate of drug-likeness (QED) is 0.522. The number of amides is 1. The van der Waals surface area contributed by atoms with Crippen LogP contribution in [0.1, 0.15) is 11.5 Å². The van der Waals surface area contributed by atoms with E-state index >= 15 is 0 Å². The second kappa shape index (κ2) is 7.34. The largest absolute Gasteiger partial charge is 0.457 e. The highest BCUT2D eigenvalue weighted by atomic mass is 35.5. The van der Waals surface area contributed by atoms with Gasteiger partial charge in [-0.1, -0.05) is 23.7 Å². The molecule has 1 fully saturated rings. The van der Waals surface area contributed by atoms with E-state index in [1.165, 1.54) is 28.0 Å². The van der Waals surface area contributed by atoms with E-state index in [4.69, 9.17) is 16.0 Å². The Morgan fingerprint density at radius 3 is 2.81 bits per heavy atom. The van der Waals surface area contributed by atoms with Crippen molar-refractivity contribution >= 4 is 57.0 Å². The summed E-state index contributed by atoms with van der Waals surface area (Å²) in [6.45, 7) is 1.91. The van der Waals surface area contributed by atoms with Crippen LogP contribution in [0.2, 0.25) is 5.02 Å². The molecule has 0 spiro atoms. The number of carbonyl (C=O) groups is 1.